The molecule has 0 amide bonds. The van der Waals surface area contributed by atoms with Gasteiger partial charge in [0.2, 0.25) is 34.5 Å². The third-order valence-corrected chi connectivity index (χ3v) is 14.8. The Balaban J connectivity index is -0.000000552. The fourth-order valence-corrected chi connectivity index (χ4v) is 11.0. The van der Waals surface area contributed by atoms with Crippen molar-refractivity contribution in [1.29, 1.82) is 0 Å². The molecule has 6 aromatic rings. The quantitative estimate of drug-likeness (QED) is 0.0689. The van der Waals surface area contributed by atoms with Gasteiger partial charge in [-0.05, 0) is 74.9 Å². The summed E-state index contributed by atoms with van der Waals surface area (Å²) in [5.74, 6) is -23.8. The average molecular weight is 1930 g/mol. The summed E-state index contributed by atoms with van der Waals surface area (Å²) in [6.07, 6.45) is 39.2. The van der Waals surface area contributed by atoms with Crippen molar-refractivity contribution in [2.75, 3.05) is 150 Å². The molecule has 0 heterocycles. The smallest absolute Gasteiger partial charge is 0.200 e. The fourth-order valence-electron chi connectivity index (χ4n) is 11.0. The normalized spacial score (nSPS) is 14.8. The Morgan fingerprint density at radius 3 is 0.242 bits per heavy atom. The lowest BCUT2D eigenvalue weighted by atomic mass is 9.77. The van der Waals surface area contributed by atoms with E-state index in [0.717, 1.165) is 0 Å². The van der Waals surface area contributed by atoms with Crippen LogP contribution in [0.3, 0.4) is 0 Å². The monoisotopic (exact) mass is 1930 g/mol. The number of phenolic OH excluding ortho intramolecular Hbond substituents is 18. The summed E-state index contributed by atoms with van der Waals surface area (Å²) in [6.45, 7) is 9.72. The standard InChI is InChI=1S/C54H60O18.12C2H6OS/c1-7-19-25-13-27(39(57)49(67)37(25)55)20(8-2)29-15-31(43(61)51(69)41(29)59)22(10-4)33-17-35(47(65)53(71)45(33)63)24(12-6)36-18-34(46(64)54(72)48(36)66)23(11-5)32-16-30(42(60)52(70)44(32)62)21(9-3)28-14-26(19)38(56)50(68)40(28)58;12*1-4(2)3/h13-24,55-72H,7-12H2,1-6H3;12*1-2H3. The van der Waals surface area contributed by atoms with Gasteiger partial charge in [0.1, 0.15) is 0 Å². The highest BCUT2D eigenvalue weighted by Crippen LogP contribution is 2.60. The molecule has 0 saturated heterocycles. The largest absolute Gasteiger partial charge is 0.504 e. The maximum Gasteiger partial charge on any atom is 0.200 e. The minimum atomic E-state index is -1.20. The number of benzene rings is 6. The molecule has 0 spiro atoms. The first-order chi connectivity index (χ1) is 54.8. The summed E-state index contributed by atoms with van der Waals surface area (Å²) in [4.78, 5) is 0. The van der Waals surface area contributed by atoms with E-state index in [4.69, 9.17) is 0 Å². The minimum Gasteiger partial charge on any atom is -0.504 e. The first-order valence-electron chi connectivity index (χ1n) is 35.4. The molecule has 0 aliphatic heterocycles. The second-order valence-corrected chi connectivity index (χ2v) is 45.1. The Kier molecular flexibility index (Phi) is 64.8. The maximum atomic E-state index is 11.6. The van der Waals surface area contributed by atoms with E-state index in [1.54, 1.807) is 192 Å². The number of aromatic hydroxyl groups is 18. The molecule has 18 N–H and O–H groups in total. The molecule has 0 aromatic heterocycles. The van der Waals surface area contributed by atoms with Gasteiger partial charge < -0.3 is 91.9 Å². The summed E-state index contributed by atoms with van der Waals surface area (Å²) in [6, 6.07) is 7.61. The predicted octanol–water partition coefficient (Wildman–Crippen LogP) is 9.89. The first kappa shape index (κ1) is 124. The highest BCUT2D eigenvalue weighted by molar-refractivity contribution is 7.85. The van der Waals surface area contributed by atoms with Crippen molar-refractivity contribution in [1.82, 2.24) is 0 Å². The SMILES string of the molecule is CCC1c2cc(c(O)c(O)c2O)C(CC)c2cc(c(O)c(O)c2O)C(CC)c2cc(c(O)c(O)c2O)C(CC)c2cc(c(O)c(O)c2O)C(CC)c2cc(c(O)c(O)c2O)C(CC)c2cc1c(O)c(O)c2O.CS(C)=O.CS(C)=O.CS(C)=O.CS(C)=O.CS(C)=O.CS(C)=O.CS(C)=O.CS(C)=O.CS(C)=O.CS(C)=O.CS(C)=O.CS(C)=O. The lowest BCUT2D eigenvalue weighted by Crippen LogP contribution is -2.10. The Bertz CT molecular complexity index is 3520. The summed E-state index contributed by atoms with van der Waals surface area (Å²) < 4.78 is 115. The highest BCUT2D eigenvalue weighted by atomic mass is 32.2. The zero-order chi connectivity index (χ0) is 96.2. The fraction of sp³-hybridized carbons (Fsp3) is 0.538. The second-order valence-electron chi connectivity index (χ2n) is 27.3. The third-order valence-electron chi connectivity index (χ3n) is 14.8. The summed E-state index contributed by atoms with van der Waals surface area (Å²) in [7, 11) is -7.33. The van der Waals surface area contributed by atoms with Crippen molar-refractivity contribution in [3.63, 3.8) is 0 Å². The molecular formula is C78H132O30S12. The zero-order valence-electron chi connectivity index (χ0n) is 74.0. The number of hydrogen-bond donors (Lipinski definition) is 18. The van der Waals surface area contributed by atoms with Crippen molar-refractivity contribution in [2.24, 2.45) is 0 Å². The lowest BCUT2D eigenvalue weighted by Gasteiger charge is -2.29. The molecule has 696 valence electrons. The molecule has 1 aliphatic carbocycles. The van der Waals surface area contributed by atoms with Gasteiger partial charge in [0.25, 0.3) is 0 Å². The van der Waals surface area contributed by atoms with Crippen LogP contribution in [0.1, 0.15) is 182 Å². The van der Waals surface area contributed by atoms with Crippen LogP contribution in [0, 0.1) is 0 Å². The molecule has 42 heteroatoms. The molecule has 0 saturated carbocycles. The Morgan fingerprint density at radius 2 is 0.200 bits per heavy atom. The van der Waals surface area contributed by atoms with Crippen LogP contribution in [-0.4, -0.2) is 293 Å². The van der Waals surface area contributed by atoms with Gasteiger partial charge in [0, 0.05) is 382 Å². The Labute approximate surface area is 738 Å². The average Bonchev–Trinajstić information content (AvgIpc) is 0.749. The molecular weight excluding hydrogens is 1800 g/mol. The summed E-state index contributed by atoms with van der Waals surface area (Å²) in [5.41, 5.74) is -1.82. The van der Waals surface area contributed by atoms with E-state index in [-0.39, 0.29) is 105 Å². The van der Waals surface area contributed by atoms with Gasteiger partial charge in [-0.25, -0.2) is 0 Å². The molecule has 12 bridgehead atoms. The van der Waals surface area contributed by atoms with E-state index in [0.29, 0.717) is 0 Å². The van der Waals surface area contributed by atoms with Crippen LogP contribution < -0.4 is 0 Å². The van der Waals surface area contributed by atoms with Crippen LogP contribution in [0.2, 0.25) is 0 Å². The van der Waals surface area contributed by atoms with Crippen LogP contribution in [0.15, 0.2) is 36.4 Å². The van der Waals surface area contributed by atoms with E-state index >= 15 is 0 Å². The van der Waals surface area contributed by atoms with Gasteiger partial charge in [-0.15, -0.1) is 0 Å². The molecule has 30 nitrogen and oxygen atoms in total. The van der Waals surface area contributed by atoms with E-state index in [1.165, 1.54) is 36.4 Å². The van der Waals surface area contributed by atoms with Gasteiger partial charge in [-0.3, -0.25) is 50.5 Å². The molecule has 0 fully saturated rings. The molecule has 0 radical (unpaired) electrons. The molecule has 7 rings (SSSR count). The van der Waals surface area contributed by atoms with Crippen molar-refractivity contribution >= 4 is 130 Å². The van der Waals surface area contributed by atoms with Gasteiger partial charge in [0.05, 0.1) is 0 Å². The molecule has 1 aliphatic rings. The lowest BCUT2D eigenvalue weighted by molar-refractivity contribution is 0.350. The molecule has 0 unspecified atom stereocenters. The van der Waals surface area contributed by atoms with Crippen LogP contribution in [0.4, 0.5) is 0 Å². The van der Waals surface area contributed by atoms with Gasteiger partial charge in [0.15, 0.2) is 69.0 Å². The van der Waals surface area contributed by atoms with E-state index in [1.807, 2.05) is 0 Å². The first-order valence-corrected chi connectivity index (χ1v) is 59.0. The van der Waals surface area contributed by atoms with Crippen molar-refractivity contribution in [2.45, 2.75) is 116 Å². The summed E-state index contributed by atoms with van der Waals surface area (Å²) in [5, 5.41) is 207. The van der Waals surface area contributed by atoms with Crippen LogP contribution in [0.25, 0.3) is 0 Å². The van der Waals surface area contributed by atoms with E-state index in [2.05, 4.69) is 0 Å². The second kappa shape index (κ2) is 62.6. The van der Waals surface area contributed by atoms with E-state index in [9.17, 15) is 142 Å². The van der Waals surface area contributed by atoms with E-state index < -0.39 is 269 Å². The van der Waals surface area contributed by atoms with Crippen molar-refractivity contribution in [3.05, 3.63) is 103 Å². The molecule has 0 atom stereocenters. The Hall–Kier alpha value is -6.48. The minimum absolute atomic E-state index is 0.0159. The van der Waals surface area contributed by atoms with Gasteiger partial charge in [-0.1, -0.05) is 41.5 Å². The third kappa shape index (κ3) is 45.2. The van der Waals surface area contributed by atoms with Crippen molar-refractivity contribution in [3.8, 4) is 103 Å². The molecule has 6 aromatic carbocycles. The van der Waals surface area contributed by atoms with Gasteiger partial charge in [-0.2, -0.15) is 0 Å². The van der Waals surface area contributed by atoms with Crippen molar-refractivity contribution < 1.29 is 142 Å². The number of hydrogen-bond acceptors (Lipinski definition) is 30. The number of phenols is 18. The predicted molar refractivity (Wildman–Crippen MR) is 501 cm³/mol. The van der Waals surface area contributed by atoms with Crippen LogP contribution >= 0.6 is 0 Å². The highest BCUT2D eigenvalue weighted by Gasteiger charge is 2.38. The number of rotatable bonds is 6. The van der Waals surface area contributed by atoms with Crippen LogP contribution in [-0.2, 0) is 130 Å². The number of fused-ring (bicyclic) bond motifs is 12. The summed E-state index contributed by atoms with van der Waals surface area (Å²) >= 11 is 0. The topological polar surface area (TPSA) is 569 Å². The van der Waals surface area contributed by atoms with Crippen LogP contribution in [0.5, 0.6) is 103 Å². The Morgan fingerprint density at radius 1 is 0.150 bits per heavy atom. The zero-order valence-corrected chi connectivity index (χ0v) is 83.8. The van der Waals surface area contributed by atoms with Gasteiger partial charge >= 0.3 is 0 Å². The molecule has 120 heavy (non-hydrogen) atoms. The maximum absolute atomic E-state index is 11.6.